The average molecular weight is 494 g/mol. The summed E-state index contributed by atoms with van der Waals surface area (Å²) in [7, 11) is 2.92. The standard InChI is InChI=1S/C25H23N3O4S2/c1-31-18-10-9-16-12-17(23(29)26-22(16)13-18)14-28(15-19-6-5-11-34-19)25(33)27-21-8-4-3-7-20(21)24(30)32-2/h3-13H,14-15H2,1-2H3,(H,26,29)(H,27,33). The smallest absolute Gasteiger partial charge is 0.339 e. The normalized spacial score (nSPS) is 10.6. The summed E-state index contributed by atoms with van der Waals surface area (Å²) in [5.41, 5.74) is 1.98. The molecule has 0 aliphatic carbocycles. The SMILES string of the molecule is COC(=O)c1ccccc1NC(=S)N(Cc1cccs1)Cc1cc2ccc(OC)cc2[nH]c1=O. The molecule has 7 nitrogen and oxygen atoms in total. The van der Waals surface area contributed by atoms with E-state index in [1.807, 2.05) is 46.7 Å². The second-order valence-corrected chi connectivity index (χ2v) is 8.90. The number of carbonyl (C=O) groups is 1. The third kappa shape index (κ3) is 5.27. The number of carbonyl (C=O) groups excluding carboxylic acids is 1. The Bertz CT molecular complexity index is 1380. The molecule has 0 atom stereocenters. The number of aromatic amines is 1. The Morgan fingerprint density at radius 3 is 2.65 bits per heavy atom. The molecule has 2 N–H and O–H groups in total. The minimum Gasteiger partial charge on any atom is -0.497 e. The van der Waals surface area contributed by atoms with Crippen LogP contribution < -0.4 is 15.6 Å². The number of nitrogens with zero attached hydrogens (tertiary/aromatic N) is 1. The number of para-hydroxylation sites is 1. The summed E-state index contributed by atoms with van der Waals surface area (Å²) in [6.07, 6.45) is 0. The molecule has 2 heterocycles. The lowest BCUT2D eigenvalue weighted by Crippen LogP contribution is -2.35. The third-order valence-electron chi connectivity index (χ3n) is 5.28. The van der Waals surface area contributed by atoms with Gasteiger partial charge in [0.15, 0.2) is 5.11 Å². The highest BCUT2D eigenvalue weighted by atomic mass is 32.1. The highest BCUT2D eigenvalue weighted by molar-refractivity contribution is 7.80. The largest absolute Gasteiger partial charge is 0.497 e. The molecule has 0 aliphatic heterocycles. The van der Waals surface area contributed by atoms with Gasteiger partial charge in [0.2, 0.25) is 0 Å². The first-order valence-electron chi connectivity index (χ1n) is 10.4. The van der Waals surface area contributed by atoms with Gasteiger partial charge in [-0.1, -0.05) is 18.2 Å². The van der Waals surface area contributed by atoms with Gasteiger partial charge in [-0.25, -0.2) is 4.79 Å². The maximum Gasteiger partial charge on any atom is 0.339 e. The molecule has 4 aromatic rings. The molecule has 0 radical (unpaired) electrons. The van der Waals surface area contributed by atoms with Crippen LogP contribution in [-0.4, -0.2) is 35.2 Å². The van der Waals surface area contributed by atoms with Gasteiger partial charge in [-0.3, -0.25) is 4.79 Å². The Hall–Kier alpha value is -3.69. The monoisotopic (exact) mass is 493 g/mol. The van der Waals surface area contributed by atoms with Crippen molar-refractivity contribution < 1.29 is 14.3 Å². The van der Waals surface area contributed by atoms with E-state index in [1.54, 1.807) is 42.7 Å². The topological polar surface area (TPSA) is 83.7 Å². The lowest BCUT2D eigenvalue weighted by atomic mass is 10.1. The molecule has 0 saturated carbocycles. The summed E-state index contributed by atoms with van der Waals surface area (Å²) in [5.74, 6) is 0.210. The number of hydrogen-bond donors (Lipinski definition) is 2. The Balaban J connectivity index is 1.65. The van der Waals surface area contributed by atoms with Gasteiger partial charge in [-0.05, 0) is 59.4 Å². The molecule has 0 spiro atoms. The van der Waals surface area contributed by atoms with Crippen molar-refractivity contribution in [1.29, 1.82) is 0 Å². The van der Waals surface area contributed by atoms with Gasteiger partial charge in [-0.2, -0.15) is 0 Å². The van der Waals surface area contributed by atoms with Crippen LogP contribution in [0.25, 0.3) is 10.9 Å². The Labute approximate surface area is 205 Å². The number of esters is 1. The summed E-state index contributed by atoms with van der Waals surface area (Å²) in [5, 5.41) is 6.43. The number of pyridine rings is 1. The van der Waals surface area contributed by atoms with Gasteiger partial charge < -0.3 is 24.7 Å². The van der Waals surface area contributed by atoms with Crippen molar-refractivity contribution in [3.8, 4) is 5.75 Å². The number of methoxy groups -OCH3 is 2. The van der Waals surface area contributed by atoms with Crippen molar-refractivity contribution in [3.63, 3.8) is 0 Å². The molecule has 0 fully saturated rings. The summed E-state index contributed by atoms with van der Waals surface area (Å²) in [6, 6.07) is 18.4. The second kappa shape index (κ2) is 10.5. The number of anilines is 1. The minimum atomic E-state index is -0.461. The molecule has 0 amide bonds. The molecule has 0 aliphatic rings. The van der Waals surface area contributed by atoms with Crippen LogP contribution in [0.15, 0.2) is 70.8 Å². The fourth-order valence-corrected chi connectivity index (χ4v) is 4.50. The zero-order valence-electron chi connectivity index (χ0n) is 18.7. The zero-order chi connectivity index (χ0) is 24.1. The fourth-order valence-electron chi connectivity index (χ4n) is 3.54. The van der Waals surface area contributed by atoms with E-state index in [-0.39, 0.29) is 12.1 Å². The quantitative estimate of drug-likeness (QED) is 0.283. The molecule has 9 heteroatoms. The van der Waals surface area contributed by atoms with Crippen LogP contribution in [0.4, 0.5) is 5.69 Å². The lowest BCUT2D eigenvalue weighted by Gasteiger charge is -2.26. The number of rotatable bonds is 7. The van der Waals surface area contributed by atoms with E-state index < -0.39 is 5.97 Å². The maximum absolute atomic E-state index is 12.9. The first-order chi connectivity index (χ1) is 16.5. The highest BCUT2D eigenvalue weighted by Crippen LogP contribution is 2.22. The maximum atomic E-state index is 12.9. The van der Waals surface area contributed by atoms with E-state index >= 15 is 0 Å². The summed E-state index contributed by atoms with van der Waals surface area (Å²) < 4.78 is 10.1. The van der Waals surface area contributed by atoms with E-state index in [1.165, 1.54) is 7.11 Å². The van der Waals surface area contributed by atoms with Gasteiger partial charge in [0.05, 0.1) is 44.1 Å². The van der Waals surface area contributed by atoms with Crippen molar-refractivity contribution in [1.82, 2.24) is 9.88 Å². The van der Waals surface area contributed by atoms with Crippen molar-refractivity contribution in [2.45, 2.75) is 13.1 Å². The van der Waals surface area contributed by atoms with Crippen LogP contribution >= 0.6 is 23.6 Å². The van der Waals surface area contributed by atoms with Gasteiger partial charge in [0.25, 0.3) is 5.56 Å². The molecule has 0 unspecified atom stereocenters. The van der Waals surface area contributed by atoms with E-state index in [0.29, 0.717) is 39.7 Å². The molecule has 2 aromatic heterocycles. The molecular formula is C25H23N3O4S2. The Morgan fingerprint density at radius 1 is 1.09 bits per heavy atom. The minimum absolute atomic E-state index is 0.199. The van der Waals surface area contributed by atoms with Crippen molar-refractivity contribution >= 4 is 51.2 Å². The number of benzene rings is 2. The molecule has 174 valence electrons. The van der Waals surface area contributed by atoms with Crippen LogP contribution in [0.1, 0.15) is 20.8 Å². The predicted molar refractivity (Wildman–Crippen MR) is 139 cm³/mol. The molecule has 0 saturated heterocycles. The van der Waals surface area contributed by atoms with Crippen LogP contribution in [-0.2, 0) is 17.8 Å². The van der Waals surface area contributed by atoms with Crippen LogP contribution in [0.5, 0.6) is 5.75 Å². The van der Waals surface area contributed by atoms with Crippen molar-refractivity contribution in [3.05, 3.63) is 92.4 Å². The van der Waals surface area contributed by atoms with Gasteiger partial charge >= 0.3 is 5.97 Å². The van der Waals surface area contributed by atoms with Crippen molar-refractivity contribution in [2.24, 2.45) is 0 Å². The number of thiocarbonyl (C=S) groups is 1. The van der Waals surface area contributed by atoms with E-state index in [2.05, 4.69) is 10.3 Å². The molecule has 0 bridgehead atoms. The van der Waals surface area contributed by atoms with E-state index in [4.69, 9.17) is 21.7 Å². The van der Waals surface area contributed by atoms with E-state index in [0.717, 1.165) is 10.3 Å². The molecular weight excluding hydrogens is 470 g/mol. The number of ether oxygens (including phenoxy) is 2. The second-order valence-electron chi connectivity index (χ2n) is 7.48. The summed E-state index contributed by atoms with van der Waals surface area (Å²) in [4.78, 5) is 31.0. The summed E-state index contributed by atoms with van der Waals surface area (Å²) in [6.45, 7) is 0.783. The molecule has 34 heavy (non-hydrogen) atoms. The number of thiophene rings is 1. The summed E-state index contributed by atoms with van der Waals surface area (Å²) >= 11 is 7.33. The number of fused-ring (bicyclic) bond motifs is 1. The Morgan fingerprint density at radius 2 is 1.91 bits per heavy atom. The van der Waals surface area contributed by atoms with E-state index in [9.17, 15) is 9.59 Å². The highest BCUT2D eigenvalue weighted by Gasteiger charge is 2.18. The predicted octanol–water partition coefficient (Wildman–Crippen LogP) is 4.78. The molecule has 4 rings (SSSR count). The number of nitrogens with one attached hydrogen (secondary N) is 2. The number of hydrogen-bond acceptors (Lipinski definition) is 6. The Kier molecular flexibility index (Phi) is 7.24. The number of H-pyrrole nitrogens is 1. The first kappa shape index (κ1) is 23.5. The van der Waals surface area contributed by atoms with Crippen molar-refractivity contribution in [2.75, 3.05) is 19.5 Å². The van der Waals surface area contributed by atoms with Crippen LogP contribution in [0.3, 0.4) is 0 Å². The third-order valence-corrected chi connectivity index (χ3v) is 6.50. The van der Waals surface area contributed by atoms with Crippen LogP contribution in [0, 0.1) is 0 Å². The van der Waals surface area contributed by atoms with Crippen LogP contribution in [0.2, 0.25) is 0 Å². The van der Waals surface area contributed by atoms with Gasteiger partial charge in [0.1, 0.15) is 5.75 Å². The lowest BCUT2D eigenvalue weighted by molar-refractivity contribution is 0.0602. The zero-order valence-corrected chi connectivity index (χ0v) is 20.3. The van der Waals surface area contributed by atoms with Gasteiger partial charge in [0, 0.05) is 16.5 Å². The average Bonchev–Trinajstić information content (AvgIpc) is 3.36. The first-order valence-corrected chi connectivity index (χ1v) is 11.7. The number of aromatic nitrogens is 1. The molecule has 2 aromatic carbocycles. The van der Waals surface area contributed by atoms with Gasteiger partial charge in [-0.15, -0.1) is 11.3 Å². The fraction of sp³-hybridized carbons (Fsp3) is 0.160.